The fraction of sp³-hybridized carbons (Fsp3) is 0.571. The summed E-state index contributed by atoms with van der Waals surface area (Å²) in [5.74, 6) is 0.223. The topological polar surface area (TPSA) is 73.5 Å². The van der Waals surface area contributed by atoms with Crippen LogP contribution in [-0.4, -0.2) is 48.9 Å². The minimum Gasteiger partial charge on any atom is -0.312 e. The molecule has 0 aliphatic carbocycles. The predicted molar refractivity (Wildman–Crippen MR) is 80.9 cm³/mol. The molecule has 21 heavy (non-hydrogen) atoms. The summed E-state index contributed by atoms with van der Waals surface area (Å²) in [7, 11) is 0. The zero-order valence-electron chi connectivity index (χ0n) is 11.8. The van der Waals surface area contributed by atoms with Crippen molar-refractivity contribution in [2.24, 2.45) is 5.92 Å². The summed E-state index contributed by atoms with van der Waals surface area (Å²) in [6.45, 7) is 3.29. The number of hydrogen-bond donors (Lipinski definition) is 3. The number of amides is 2. The van der Waals surface area contributed by atoms with Crippen LogP contribution in [0, 0.1) is 5.92 Å². The van der Waals surface area contributed by atoms with Crippen LogP contribution in [-0.2, 0) is 4.79 Å². The Morgan fingerprint density at radius 3 is 3.05 bits per heavy atom. The number of carbonyl (C=O) groups excluding carboxylic acids is 2. The van der Waals surface area contributed by atoms with E-state index < -0.39 is 0 Å². The summed E-state index contributed by atoms with van der Waals surface area (Å²) < 4.78 is 0. The molecule has 0 radical (unpaired) electrons. The van der Waals surface area contributed by atoms with Gasteiger partial charge in [0.2, 0.25) is 0 Å². The Labute approximate surface area is 127 Å². The summed E-state index contributed by atoms with van der Waals surface area (Å²) in [5, 5.41) is 5.34. The molecule has 2 fully saturated rings. The minimum absolute atomic E-state index is 0.168. The molecule has 2 aliphatic heterocycles. The summed E-state index contributed by atoms with van der Waals surface area (Å²) in [6, 6.07) is 4.05. The van der Waals surface area contributed by atoms with Crippen molar-refractivity contribution >= 4 is 23.2 Å². The Kier molecular flexibility index (Phi) is 4.52. The highest BCUT2D eigenvalue weighted by Gasteiger charge is 2.34. The molecule has 0 saturated carbocycles. The summed E-state index contributed by atoms with van der Waals surface area (Å²) in [6.07, 6.45) is 2.46. The monoisotopic (exact) mass is 308 g/mol. The van der Waals surface area contributed by atoms with Gasteiger partial charge in [0.15, 0.2) is 0 Å². The lowest BCUT2D eigenvalue weighted by Crippen LogP contribution is -2.46. The number of piperidine rings is 1. The largest absolute Gasteiger partial charge is 0.312 e. The van der Waals surface area contributed by atoms with Gasteiger partial charge in [-0.3, -0.25) is 25.3 Å². The van der Waals surface area contributed by atoms with E-state index in [1.807, 2.05) is 5.38 Å². The van der Waals surface area contributed by atoms with E-state index in [2.05, 4.69) is 21.1 Å². The molecule has 2 aliphatic rings. The first-order valence-electron chi connectivity index (χ1n) is 7.31. The van der Waals surface area contributed by atoms with Gasteiger partial charge in [0, 0.05) is 19.1 Å². The number of fused-ring (bicyclic) bond motifs is 1. The van der Waals surface area contributed by atoms with Gasteiger partial charge in [0.1, 0.15) is 0 Å². The number of nitrogens with zero attached hydrogens (tertiary/aromatic N) is 1. The van der Waals surface area contributed by atoms with Crippen LogP contribution in [0.4, 0.5) is 0 Å². The van der Waals surface area contributed by atoms with Crippen LogP contribution in [0.3, 0.4) is 0 Å². The Hall–Kier alpha value is -1.44. The van der Waals surface area contributed by atoms with Crippen molar-refractivity contribution in [1.29, 1.82) is 0 Å². The molecule has 6 nitrogen and oxygen atoms in total. The van der Waals surface area contributed by atoms with Crippen molar-refractivity contribution < 1.29 is 9.59 Å². The average molecular weight is 308 g/mol. The van der Waals surface area contributed by atoms with Crippen LogP contribution in [0.2, 0.25) is 0 Å². The molecular weight excluding hydrogens is 288 g/mol. The van der Waals surface area contributed by atoms with Crippen LogP contribution in [0.5, 0.6) is 0 Å². The van der Waals surface area contributed by atoms with E-state index in [9.17, 15) is 9.59 Å². The SMILES string of the molecule is O=C(CN1CC2CCCNC2C1)NNC(=O)c1cccs1. The minimum atomic E-state index is -0.268. The Morgan fingerprint density at radius 1 is 1.38 bits per heavy atom. The Balaban J connectivity index is 1.41. The van der Waals surface area contributed by atoms with E-state index in [0.717, 1.165) is 19.6 Å². The Bertz CT molecular complexity index is 491. The highest BCUT2D eigenvalue weighted by atomic mass is 32.1. The van der Waals surface area contributed by atoms with Crippen LogP contribution >= 0.6 is 11.3 Å². The maximum Gasteiger partial charge on any atom is 0.279 e. The number of hydrazine groups is 1. The van der Waals surface area contributed by atoms with Gasteiger partial charge >= 0.3 is 0 Å². The van der Waals surface area contributed by atoms with Gasteiger partial charge in [0.25, 0.3) is 11.8 Å². The van der Waals surface area contributed by atoms with E-state index >= 15 is 0 Å². The third-order valence-electron chi connectivity index (χ3n) is 4.10. The summed E-state index contributed by atoms with van der Waals surface area (Å²) >= 11 is 1.35. The molecule has 1 aromatic heterocycles. The summed E-state index contributed by atoms with van der Waals surface area (Å²) in [4.78, 5) is 26.4. The zero-order chi connectivity index (χ0) is 14.7. The van der Waals surface area contributed by atoms with Crippen molar-refractivity contribution in [3.05, 3.63) is 22.4 Å². The van der Waals surface area contributed by atoms with Gasteiger partial charge in [0.05, 0.1) is 11.4 Å². The first-order chi connectivity index (χ1) is 10.2. The number of carbonyl (C=O) groups is 2. The van der Waals surface area contributed by atoms with Crippen molar-refractivity contribution in [3.63, 3.8) is 0 Å². The average Bonchev–Trinajstić information content (AvgIpc) is 3.13. The number of nitrogens with one attached hydrogen (secondary N) is 3. The second-order valence-electron chi connectivity index (χ2n) is 5.64. The van der Waals surface area contributed by atoms with E-state index in [-0.39, 0.29) is 11.8 Å². The first kappa shape index (κ1) is 14.5. The van der Waals surface area contributed by atoms with E-state index in [4.69, 9.17) is 0 Å². The van der Waals surface area contributed by atoms with Gasteiger partial charge in [-0.15, -0.1) is 11.3 Å². The lowest BCUT2D eigenvalue weighted by Gasteiger charge is -2.24. The third kappa shape index (κ3) is 3.61. The quantitative estimate of drug-likeness (QED) is 0.697. The number of rotatable bonds is 3. The van der Waals surface area contributed by atoms with Crippen molar-refractivity contribution in [2.75, 3.05) is 26.2 Å². The standard InChI is InChI=1S/C14H20N4O2S/c19-13(16-17-14(20)12-4-2-6-21-12)9-18-7-10-3-1-5-15-11(10)8-18/h2,4,6,10-11,15H,1,3,5,7-9H2,(H,16,19)(H,17,20). The maximum atomic E-state index is 11.9. The maximum absolute atomic E-state index is 11.9. The molecular formula is C14H20N4O2S. The van der Waals surface area contributed by atoms with E-state index in [0.29, 0.717) is 23.4 Å². The van der Waals surface area contributed by atoms with Gasteiger partial charge in [-0.05, 0) is 36.8 Å². The predicted octanol–water partition coefficient (Wildman–Crippen LogP) is 0.193. The number of thiophene rings is 1. The van der Waals surface area contributed by atoms with Crippen molar-refractivity contribution in [2.45, 2.75) is 18.9 Å². The molecule has 7 heteroatoms. The molecule has 2 unspecified atom stereocenters. The van der Waals surface area contributed by atoms with Crippen molar-refractivity contribution in [3.8, 4) is 0 Å². The lowest BCUT2D eigenvalue weighted by atomic mass is 9.94. The molecule has 3 N–H and O–H groups in total. The second-order valence-corrected chi connectivity index (χ2v) is 6.58. The summed E-state index contributed by atoms with van der Waals surface area (Å²) in [5.41, 5.74) is 4.94. The number of hydrogen-bond acceptors (Lipinski definition) is 5. The van der Waals surface area contributed by atoms with Gasteiger partial charge < -0.3 is 5.32 Å². The molecule has 3 rings (SSSR count). The van der Waals surface area contributed by atoms with Crippen molar-refractivity contribution in [1.82, 2.24) is 21.1 Å². The fourth-order valence-corrected chi connectivity index (χ4v) is 3.72. The highest BCUT2D eigenvalue weighted by Crippen LogP contribution is 2.24. The molecule has 0 spiro atoms. The highest BCUT2D eigenvalue weighted by molar-refractivity contribution is 7.12. The molecule has 2 atom stereocenters. The Morgan fingerprint density at radius 2 is 2.29 bits per heavy atom. The molecule has 2 saturated heterocycles. The smallest absolute Gasteiger partial charge is 0.279 e. The van der Waals surface area contributed by atoms with Crippen LogP contribution in [0.15, 0.2) is 17.5 Å². The van der Waals surface area contributed by atoms with Gasteiger partial charge in [-0.2, -0.15) is 0 Å². The molecule has 3 heterocycles. The zero-order valence-corrected chi connectivity index (χ0v) is 12.6. The lowest BCUT2D eigenvalue weighted by molar-refractivity contribution is -0.122. The first-order valence-corrected chi connectivity index (χ1v) is 8.19. The molecule has 0 bridgehead atoms. The van der Waals surface area contributed by atoms with Crippen LogP contribution in [0.1, 0.15) is 22.5 Å². The molecule has 0 aromatic carbocycles. The normalized spacial score (nSPS) is 25.3. The second kappa shape index (κ2) is 6.55. The van der Waals surface area contributed by atoms with Crippen LogP contribution < -0.4 is 16.2 Å². The third-order valence-corrected chi connectivity index (χ3v) is 4.97. The molecule has 114 valence electrons. The molecule has 2 amide bonds. The van der Waals surface area contributed by atoms with Gasteiger partial charge in [-0.25, -0.2) is 0 Å². The van der Waals surface area contributed by atoms with Gasteiger partial charge in [-0.1, -0.05) is 6.07 Å². The van der Waals surface area contributed by atoms with Crippen LogP contribution in [0.25, 0.3) is 0 Å². The fourth-order valence-electron chi connectivity index (χ4n) is 3.10. The van der Waals surface area contributed by atoms with E-state index in [1.165, 1.54) is 24.2 Å². The van der Waals surface area contributed by atoms with E-state index in [1.54, 1.807) is 12.1 Å². The molecule has 1 aromatic rings. The number of likely N-dealkylation sites (tertiary alicyclic amines) is 1.